The maximum absolute atomic E-state index is 13.9. The first-order valence-corrected chi connectivity index (χ1v) is 12.0. The molecule has 5 rings (SSSR count). The second-order valence-corrected chi connectivity index (χ2v) is 9.06. The predicted molar refractivity (Wildman–Crippen MR) is 130 cm³/mol. The number of carbonyl (C=O) groups is 2. The number of benzene rings is 1. The summed E-state index contributed by atoms with van der Waals surface area (Å²) in [6.45, 7) is 1.64. The first kappa shape index (κ1) is 26.2. The maximum Gasteiger partial charge on any atom is 0.416 e. The van der Waals surface area contributed by atoms with E-state index >= 15 is 0 Å². The summed E-state index contributed by atoms with van der Waals surface area (Å²) in [5.41, 5.74) is -0.310. The van der Waals surface area contributed by atoms with Crippen molar-refractivity contribution in [1.29, 1.82) is 0 Å². The molecule has 0 saturated heterocycles. The number of halogens is 3. The fourth-order valence-corrected chi connectivity index (χ4v) is 4.37. The Bertz CT molecular complexity index is 1560. The third-order valence-electron chi connectivity index (χ3n) is 6.31. The number of rotatable bonds is 8. The zero-order chi connectivity index (χ0) is 27.9. The summed E-state index contributed by atoms with van der Waals surface area (Å²) in [7, 11) is 2.92. The molecule has 3 heterocycles. The van der Waals surface area contributed by atoms with E-state index in [2.05, 4.69) is 35.8 Å². The molecule has 3 aromatic heterocycles. The van der Waals surface area contributed by atoms with Crippen molar-refractivity contribution in [2.24, 2.45) is 0 Å². The molecule has 1 atom stereocenters. The minimum Gasteiger partial charge on any atom is -0.362 e. The van der Waals surface area contributed by atoms with Crippen LogP contribution in [0.3, 0.4) is 0 Å². The summed E-state index contributed by atoms with van der Waals surface area (Å²) in [6, 6.07) is 2.42. The molecular formula is C24H24F3N9O3. The van der Waals surface area contributed by atoms with Gasteiger partial charge in [-0.3, -0.25) is 9.59 Å². The Morgan fingerprint density at radius 3 is 2.56 bits per heavy atom. The minimum absolute atomic E-state index is 0.0411. The number of methoxy groups -OCH3 is 1. The maximum atomic E-state index is 13.9. The van der Waals surface area contributed by atoms with Crippen LogP contribution in [0.2, 0.25) is 0 Å². The fourth-order valence-electron chi connectivity index (χ4n) is 4.37. The second kappa shape index (κ2) is 10.1. The third kappa shape index (κ3) is 5.04. The van der Waals surface area contributed by atoms with E-state index < -0.39 is 29.6 Å². The number of aromatic nitrogens is 7. The largest absolute Gasteiger partial charge is 0.416 e. The standard InChI is InChI=1S/C24H24F3N9O3/c1-12(21-31-10-32-36(21)18-8-17(23(38)28-2)29-9-30-18)33-22(37)16-7-14(24(25,26)27)6-15-19(16)34-35(11-39-3)20(15)13-4-5-13/h6-10,12-13H,4-5,11H2,1-3H3,(H,28,38)(H,33,37)/t12-/m0/s1. The van der Waals surface area contributed by atoms with E-state index in [1.54, 1.807) is 6.92 Å². The van der Waals surface area contributed by atoms with Crippen molar-refractivity contribution in [3.8, 4) is 5.82 Å². The summed E-state index contributed by atoms with van der Waals surface area (Å²) in [5.74, 6) is -0.711. The number of ether oxygens (including phenoxy) is 1. The van der Waals surface area contributed by atoms with Crippen LogP contribution in [0.1, 0.15) is 69.7 Å². The molecule has 0 bridgehead atoms. The Morgan fingerprint density at radius 2 is 1.90 bits per heavy atom. The van der Waals surface area contributed by atoms with Crippen molar-refractivity contribution in [1.82, 2.24) is 45.1 Å². The molecule has 12 nitrogen and oxygen atoms in total. The molecule has 1 fully saturated rings. The van der Waals surface area contributed by atoms with Crippen LogP contribution in [-0.2, 0) is 17.6 Å². The van der Waals surface area contributed by atoms with Crippen LogP contribution < -0.4 is 10.6 Å². The fraction of sp³-hybridized carbons (Fsp3) is 0.375. The van der Waals surface area contributed by atoms with Crippen LogP contribution in [0.5, 0.6) is 0 Å². The van der Waals surface area contributed by atoms with Crippen LogP contribution in [0.4, 0.5) is 13.2 Å². The van der Waals surface area contributed by atoms with Gasteiger partial charge in [0.2, 0.25) is 0 Å². The normalized spacial score (nSPS) is 14.4. The van der Waals surface area contributed by atoms with Crippen molar-refractivity contribution >= 4 is 22.7 Å². The van der Waals surface area contributed by atoms with Gasteiger partial charge in [0, 0.05) is 31.5 Å². The van der Waals surface area contributed by atoms with Crippen molar-refractivity contribution in [2.75, 3.05) is 14.2 Å². The van der Waals surface area contributed by atoms with Crippen LogP contribution in [0.15, 0.2) is 30.9 Å². The van der Waals surface area contributed by atoms with Crippen LogP contribution in [-0.4, -0.2) is 60.5 Å². The van der Waals surface area contributed by atoms with Crippen LogP contribution in [0, 0.1) is 0 Å². The Hall–Kier alpha value is -4.40. The molecule has 2 N–H and O–H groups in total. The van der Waals surface area contributed by atoms with E-state index in [0.29, 0.717) is 5.69 Å². The molecule has 39 heavy (non-hydrogen) atoms. The number of fused-ring (bicyclic) bond motifs is 1. The van der Waals surface area contributed by atoms with Crippen molar-refractivity contribution in [3.63, 3.8) is 0 Å². The highest BCUT2D eigenvalue weighted by atomic mass is 19.4. The van der Waals surface area contributed by atoms with Gasteiger partial charge in [0.25, 0.3) is 11.8 Å². The zero-order valence-corrected chi connectivity index (χ0v) is 21.2. The van der Waals surface area contributed by atoms with Crippen molar-refractivity contribution in [3.05, 3.63) is 59.2 Å². The molecular weight excluding hydrogens is 519 g/mol. The number of hydrogen-bond acceptors (Lipinski definition) is 8. The molecule has 1 aliphatic rings. The first-order valence-electron chi connectivity index (χ1n) is 12.0. The monoisotopic (exact) mass is 543 g/mol. The molecule has 0 aliphatic heterocycles. The lowest BCUT2D eigenvalue weighted by molar-refractivity contribution is -0.137. The summed E-state index contributed by atoms with van der Waals surface area (Å²) in [6.07, 6.45) is -0.619. The van der Waals surface area contributed by atoms with Crippen LogP contribution in [0.25, 0.3) is 16.7 Å². The Kier molecular flexibility index (Phi) is 6.76. The number of carbonyl (C=O) groups excluding carboxylic acids is 2. The van der Waals surface area contributed by atoms with Gasteiger partial charge in [0.15, 0.2) is 11.6 Å². The van der Waals surface area contributed by atoms with Gasteiger partial charge in [-0.15, -0.1) is 0 Å². The van der Waals surface area contributed by atoms with Gasteiger partial charge in [0.1, 0.15) is 30.6 Å². The van der Waals surface area contributed by atoms with Gasteiger partial charge in [0.05, 0.1) is 22.9 Å². The minimum atomic E-state index is -4.67. The summed E-state index contributed by atoms with van der Waals surface area (Å²) in [4.78, 5) is 37.6. The molecule has 0 spiro atoms. The summed E-state index contributed by atoms with van der Waals surface area (Å²) < 4.78 is 49.6. The number of hydrogen-bond donors (Lipinski definition) is 2. The third-order valence-corrected chi connectivity index (χ3v) is 6.31. The van der Waals surface area contributed by atoms with E-state index in [1.165, 1.54) is 42.2 Å². The van der Waals surface area contributed by atoms with Gasteiger partial charge in [-0.05, 0) is 31.9 Å². The van der Waals surface area contributed by atoms with Gasteiger partial charge in [-0.2, -0.15) is 28.1 Å². The summed E-state index contributed by atoms with van der Waals surface area (Å²) >= 11 is 0. The summed E-state index contributed by atoms with van der Waals surface area (Å²) in [5, 5.41) is 14.0. The lowest BCUT2D eigenvalue weighted by Gasteiger charge is -2.16. The molecule has 0 unspecified atom stereocenters. The van der Waals surface area contributed by atoms with Gasteiger partial charge < -0.3 is 15.4 Å². The molecule has 0 radical (unpaired) electrons. The Labute approximate surface area is 219 Å². The number of amides is 2. The molecule has 4 aromatic rings. The molecule has 204 valence electrons. The number of nitrogens with one attached hydrogen (secondary N) is 2. The topological polar surface area (TPSA) is 142 Å². The van der Waals surface area contributed by atoms with Crippen LogP contribution >= 0.6 is 0 Å². The molecule has 15 heteroatoms. The second-order valence-electron chi connectivity index (χ2n) is 9.06. The highest BCUT2D eigenvalue weighted by molar-refractivity contribution is 6.06. The molecule has 1 aliphatic carbocycles. The lowest BCUT2D eigenvalue weighted by Crippen LogP contribution is -2.29. The average molecular weight is 544 g/mol. The highest BCUT2D eigenvalue weighted by Gasteiger charge is 2.36. The lowest BCUT2D eigenvalue weighted by atomic mass is 10.0. The Morgan fingerprint density at radius 1 is 1.13 bits per heavy atom. The molecule has 2 amide bonds. The van der Waals surface area contributed by atoms with Crippen molar-refractivity contribution in [2.45, 2.75) is 44.6 Å². The number of nitrogens with zero attached hydrogens (tertiary/aromatic N) is 7. The van der Waals surface area contributed by atoms with Gasteiger partial charge in [-0.25, -0.2) is 19.6 Å². The molecule has 1 aromatic carbocycles. The van der Waals surface area contributed by atoms with E-state index in [0.717, 1.165) is 25.0 Å². The SMILES string of the molecule is CNC(=O)c1cc(-n2ncnc2[C@H](C)NC(=O)c2cc(C(F)(F)F)cc3c(C4CC4)n(COC)nc23)ncn1. The van der Waals surface area contributed by atoms with Gasteiger partial charge in [-0.1, -0.05) is 0 Å². The van der Waals surface area contributed by atoms with Crippen molar-refractivity contribution < 1.29 is 27.5 Å². The highest BCUT2D eigenvalue weighted by Crippen LogP contribution is 2.45. The van der Waals surface area contributed by atoms with E-state index in [9.17, 15) is 22.8 Å². The van der Waals surface area contributed by atoms with E-state index in [1.807, 2.05) is 0 Å². The average Bonchev–Trinajstić information content (AvgIpc) is 3.49. The predicted octanol–water partition coefficient (Wildman–Crippen LogP) is 2.76. The number of alkyl halides is 3. The quantitative estimate of drug-likeness (QED) is 0.346. The first-order chi connectivity index (χ1) is 18.6. The molecule has 1 saturated carbocycles. The van der Waals surface area contributed by atoms with E-state index in [-0.39, 0.29) is 46.5 Å². The smallest absolute Gasteiger partial charge is 0.362 e. The Balaban J connectivity index is 1.51. The zero-order valence-electron chi connectivity index (χ0n) is 21.2. The van der Waals surface area contributed by atoms with E-state index in [4.69, 9.17) is 4.74 Å². The van der Waals surface area contributed by atoms with Gasteiger partial charge >= 0.3 is 6.18 Å².